The third-order valence-electron chi connectivity index (χ3n) is 3.60. The molecule has 0 saturated carbocycles. The van der Waals surface area contributed by atoms with Crippen molar-refractivity contribution in [1.82, 2.24) is 4.31 Å². The van der Waals surface area contributed by atoms with Crippen molar-refractivity contribution in [2.45, 2.75) is 37.1 Å². The van der Waals surface area contributed by atoms with Crippen LogP contribution in [0.1, 0.15) is 26.2 Å². The number of nitrogens with two attached hydrogens (primary N) is 1. The van der Waals surface area contributed by atoms with Crippen molar-refractivity contribution in [3.63, 3.8) is 0 Å². The maximum Gasteiger partial charge on any atom is 0.292 e. The number of rotatable bonds is 4. The van der Waals surface area contributed by atoms with Crippen molar-refractivity contribution < 1.29 is 13.3 Å². The lowest BCUT2D eigenvalue weighted by Gasteiger charge is -2.23. The third-order valence-corrected chi connectivity index (χ3v) is 5.54. The Kier molecular flexibility index (Phi) is 3.96. The van der Waals surface area contributed by atoms with Gasteiger partial charge < -0.3 is 5.73 Å². The maximum atomic E-state index is 12.5. The lowest BCUT2D eigenvalue weighted by molar-refractivity contribution is -0.383. The highest BCUT2D eigenvalue weighted by molar-refractivity contribution is 7.89. The van der Waals surface area contributed by atoms with Crippen LogP contribution in [0.4, 0.5) is 11.4 Å². The minimum Gasteiger partial charge on any atom is -0.393 e. The molecule has 0 amide bonds. The van der Waals surface area contributed by atoms with Gasteiger partial charge in [-0.2, -0.15) is 4.31 Å². The summed E-state index contributed by atoms with van der Waals surface area (Å²) in [7, 11) is -3.63. The molecule has 1 unspecified atom stereocenters. The molecule has 0 aromatic heterocycles. The predicted octanol–water partition coefficient (Wildman–Crippen LogP) is 1.74. The monoisotopic (exact) mass is 299 g/mol. The lowest BCUT2D eigenvalue weighted by atomic mass is 10.2. The van der Waals surface area contributed by atoms with E-state index in [0.717, 1.165) is 25.3 Å². The largest absolute Gasteiger partial charge is 0.393 e. The van der Waals surface area contributed by atoms with E-state index in [-0.39, 0.29) is 22.3 Å². The molecule has 1 atom stereocenters. The predicted molar refractivity (Wildman–Crippen MR) is 74.7 cm³/mol. The van der Waals surface area contributed by atoms with Gasteiger partial charge in [0.05, 0.1) is 9.82 Å². The number of nitrogens with zero attached hydrogens (tertiary/aromatic N) is 2. The van der Waals surface area contributed by atoms with E-state index < -0.39 is 14.9 Å². The molecule has 2 N–H and O–H groups in total. The summed E-state index contributed by atoms with van der Waals surface area (Å²) in [4.78, 5) is 10.1. The minimum atomic E-state index is -3.63. The molecule has 0 bridgehead atoms. The average molecular weight is 299 g/mol. The highest BCUT2D eigenvalue weighted by Gasteiger charge is 2.34. The molecule has 1 saturated heterocycles. The molecule has 20 heavy (non-hydrogen) atoms. The van der Waals surface area contributed by atoms with Crippen LogP contribution in [0.2, 0.25) is 0 Å². The first kappa shape index (κ1) is 14.7. The second kappa shape index (κ2) is 5.37. The molecular weight excluding hydrogens is 282 g/mol. The first-order valence-corrected chi connectivity index (χ1v) is 7.87. The van der Waals surface area contributed by atoms with Gasteiger partial charge in [0.15, 0.2) is 0 Å². The number of nitro benzene ring substituents is 1. The Labute approximate surface area is 117 Å². The molecule has 8 heteroatoms. The molecule has 1 aromatic rings. The zero-order valence-electron chi connectivity index (χ0n) is 11.2. The topological polar surface area (TPSA) is 107 Å². The number of benzene rings is 1. The van der Waals surface area contributed by atoms with Crippen LogP contribution in [0.15, 0.2) is 23.1 Å². The van der Waals surface area contributed by atoms with Gasteiger partial charge in [0, 0.05) is 18.7 Å². The summed E-state index contributed by atoms with van der Waals surface area (Å²) >= 11 is 0. The quantitative estimate of drug-likeness (QED) is 0.517. The maximum absolute atomic E-state index is 12.5. The fraction of sp³-hybridized carbons (Fsp3) is 0.500. The van der Waals surface area contributed by atoms with E-state index in [4.69, 9.17) is 5.73 Å². The van der Waals surface area contributed by atoms with Gasteiger partial charge in [0.1, 0.15) is 5.69 Å². The lowest BCUT2D eigenvalue weighted by Crippen LogP contribution is -2.35. The van der Waals surface area contributed by atoms with Crippen LogP contribution in [-0.4, -0.2) is 30.2 Å². The molecule has 1 fully saturated rings. The van der Waals surface area contributed by atoms with Crippen molar-refractivity contribution in [2.75, 3.05) is 12.3 Å². The number of hydrogen-bond donors (Lipinski definition) is 1. The van der Waals surface area contributed by atoms with Crippen LogP contribution in [0.5, 0.6) is 0 Å². The van der Waals surface area contributed by atoms with Gasteiger partial charge in [0.25, 0.3) is 5.69 Å². The van der Waals surface area contributed by atoms with Crippen LogP contribution >= 0.6 is 0 Å². The summed E-state index contributed by atoms with van der Waals surface area (Å²) in [6.07, 6.45) is 2.43. The van der Waals surface area contributed by atoms with Crippen LogP contribution in [-0.2, 0) is 10.0 Å². The van der Waals surface area contributed by atoms with E-state index in [9.17, 15) is 18.5 Å². The fourth-order valence-electron chi connectivity index (χ4n) is 2.53. The Morgan fingerprint density at radius 1 is 1.50 bits per heavy atom. The van der Waals surface area contributed by atoms with Gasteiger partial charge in [-0.15, -0.1) is 0 Å². The van der Waals surface area contributed by atoms with Crippen molar-refractivity contribution in [1.29, 1.82) is 0 Å². The van der Waals surface area contributed by atoms with Crippen LogP contribution in [0.25, 0.3) is 0 Å². The van der Waals surface area contributed by atoms with Crippen molar-refractivity contribution in [3.8, 4) is 0 Å². The Morgan fingerprint density at radius 3 is 2.75 bits per heavy atom. The first-order chi connectivity index (χ1) is 9.37. The molecular formula is C12H17N3O4S. The van der Waals surface area contributed by atoms with Crippen molar-refractivity contribution in [2.24, 2.45) is 0 Å². The van der Waals surface area contributed by atoms with E-state index in [1.807, 2.05) is 6.92 Å². The molecule has 0 aliphatic carbocycles. The normalized spacial score (nSPS) is 20.1. The van der Waals surface area contributed by atoms with Crippen molar-refractivity contribution in [3.05, 3.63) is 28.3 Å². The van der Waals surface area contributed by atoms with E-state index in [1.54, 1.807) is 0 Å². The third kappa shape index (κ3) is 2.48. The van der Waals surface area contributed by atoms with Crippen LogP contribution < -0.4 is 5.73 Å². The Hall–Kier alpha value is -1.67. The summed E-state index contributed by atoms with van der Waals surface area (Å²) in [5.41, 5.74) is 5.14. The van der Waals surface area contributed by atoms with Gasteiger partial charge in [-0.3, -0.25) is 10.1 Å². The number of nitro groups is 1. The second-order valence-corrected chi connectivity index (χ2v) is 6.69. The zero-order valence-corrected chi connectivity index (χ0v) is 12.0. The van der Waals surface area contributed by atoms with E-state index >= 15 is 0 Å². The fourth-order valence-corrected chi connectivity index (χ4v) is 4.33. The molecule has 0 radical (unpaired) electrons. The van der Waals surface area contributed by atoms with Crippen molar-refractivity contribution >= 4 is 21.4 Å². The number of sulfonamides is 1. The minimum absolute atomic E-state index is 0.00332. The summed E-state index contributed by atoms with van der Waals surface area (Å²) in [5.74, 6) is 0. The molecule has 0 spiro atoms. The number of nitrogen functional groups attached to an aromatic ring is 1. The molecule has 2 rings (SSSR count). The highest BCUT2D eigenvalue weighted by atomic mass is 32.2. The highest BCUT2D eigenvalue weighted by Crippen LogP contribution is 2.30. The van der Waals surface area contributed by atoms with Gasteiger partial charge in [0.2, 0.25) is 10.0 Å². The smallest absolute Gasteiger partial charge is 0.292 e. The average Bonchev–Trinajstić information content (AvgIpc) is 2.87. The Morgan fingerprint density at radius 2 is 2.20 bits per heavy atom. The number of anilines is 1. The van der Waals surface area contributed by atoms with E-state index in [0.29, 0.717) is 6.54 Å². The number of hydrogen-bond acceptors (Lipinski definition) is 5. The summed E-state index contributed by atoms with van der Waals surface area (Å²) < 4.78 is 26.5. The summed E-state index contributed by atoms with van der Waals surface area (Å²) in [6, 6.07) is 3.54. The second-order valence-electron chi connectivity index (χ2n) is 4.80. The SMILES string of the molecule is CCC1CCCN1S(=O)(=O)c1ccc([N+](=O)[O-])c(N)c1. The Balaban J connectivity index is 2.40. The first-order valence-electron chi connectivity index (χ1n) is 6.43. The van der Waals surface area contributed by atoms with Gasteiger partial charge >= 0.3 is 0 Å². The Bertz CT molecular complexity index is 630. The summed E-state index contributed by atoms with van der Waals surface area (Å²) in [6.45, 7) is 2.43. The van der Waals surface area contributed by atoms with E-state index in [1.165, 1.54) is 16.4 Å². The van der Waals surface area contributed by atoms with Crippen LogP contribution in [0, 0.1) is 10.1 Å². The molecule has 1 aromatic carbocycles. The molecule has 7 nitrogen and oxygen atoms in total. The molecule has 1 aliphatic heterocycles. The van der Waals surface area contributed by atoms with E-state index in [2.05, 4.69) is 0 Å². The van der Waals surface area contributed by atoms with Gasteiger partial charge in [-0.25, -0.2) is 8.42 Å². The van der Waals surface area contributed by atoms with Crippen LogP contribution in [0.3, 0.4) is 0 Å². The summed E-state index contributed by atoms with van der Waals surface area (Å²) in [5, 5.41) is 10.7. The standard InChI is InChI=1S/C12H17N3O4S/c1-2-9-4-3-7-14(9)20(18,19)10-5-6-12(15(16)17)11(13)8-10/h5-6,8-9H,2-4,7,13H2,1H3. The van der Waals surface area contributed by atoms with Gasteiger partial charge in [-0.1, -0.05) is 6.92 Å². The van der Waals surface area contributed by atoms with Gasteiger partial charge in [-0.05, 0) is 31.4 Å². The zero-order chi connectivity index (χ0) is 14.9. The molecule has 110 valence electrons. The molecule has 1 heterocycles. The molecule has 1 aliphatic rings.